The van der Waals surface area contributed by atoms with E-state index in [1.54, 1.807) is 4.90 Å². The molecule has 0 N–H and O–H groups in total. The molecule has 1 aromatic carbocycles. The van der Waals surface area contributed by atoms with Gasteiger partial charge in [0.05, 0.1) is 12.5 Å². The summed E-state index contributed by atoms with van der Waals surface area (Å²) in [6.45, 7) is 4.73. The molecule has 106 valence electrons. The molecule has 0 bridgehead atoms. The molecule has 4 nitrogen and oxygen atoms in total. The van der Waals surface area contributed by atoms with E-state index >= 15 is 0 Å². The van der Waals surface area contributed by atoms with E-state index in [4.69, 9.17) is 5.26 Å². The quantitative estimate of drug-likeness (QED) is 0.834. The van der Waals surface area contributed by atoms with E-state index in [9.17, 15) is 4.79 Å². The SMILES string of the molecule is Cc1cc(N2CC(C)N(C)C(CC#N)C2=O)ccc1Br. The molecule has 1 amide bonds. The third kappa shape index (κ3) is 2.72. The van der Waals surface area contributed by atoms with Crippen molar-refractivity contribution in [3.8, 4) is 6.07 Å². The average Bonchev–Trinajstić information content (AvgIpc) is 2.42. The molecule has 2 rings (SSSR count). The Balaban J connectivity index is 2.33. The third-order valence-corrected chi connectivity index (χ3v) is 4.81. The second-order valence-electron chi connectivity index (χ2n) is 5.27. The van der Waals surface area contributed by atoms with Crippen LogP contribution < -0.4 is 4.90 Å². The number of piperazine rings is 1. The fourth-order valence-corrected chi connectivity index (χ4v) is 2.74. The van der Waals surface area contributed by atoms with Crippen LogP contribution in [0.2, 0.25) is 0 Å². The van der Waals surface area contributed by atoms with Gasteiger partial charge in [0.25, 0.3) is 0 Å². The lowest BCUT2D eigenvalue weighted by Gasteiger charge is -2.42. The van der Waals surface area contributed by atoms with Gasteiger partial charge in [-0.1, -0.05) is 15.9 Å². The zero-order chi connectivity index (χ0) is 14.9. The summed E-state index contributed by atoms with van der Waals surface area (Å²) in [5.74, 6) is 0.00822. The van der Waals surface area contributed by atoms with Crippen molar-refractivity contribution in [1.29, 1.82) is 5.26 Å². The molecule has 5 heteroatoms. The molecule has 1 fully saturated rings. The molecule has 20 heavy (non-hydrogen) atoms. The fourth-order valence-electron chi connectivity index (χ4n) is 2.49. The van der Waals surface area contributed by atoms with Crippen molar-refractivity contribution in [2.75, 3.05) is 18.5 Å². The third-order valence-electron chi connectivity index (χ3n) is 3.92. The van der Waals surface area contributed by atoms with Crippen molar-refractivity contribution in [3.05, 3.63) is 28.2 Å². The molecule has 0 radical (unpaired) electrons. The number of nitriles is 1. The summed E-state index contributed by atoms with van der Waals surface area (Å²) in [6, 6.07) is 7.90. The van der Waals surface area contributed by atoms with Crippen LogP contribution in [0, 0.1) is 18.3 Å². The second kappa shape index (κ2) is 5.94. The first-order valence-electron chi connectivity index (χ1n) is 6.62. The number of rotatable bonds is 2. The van der Waals surface area contributed by atoms with Crippen molar-refractivity contribution in [3.63, 3.8) is 0 Å². The number of amides is 1. The van der Waals surface area contributed by atoms with E-state index in [1.165, 1.54) is 0 Å². The maximum Gasteiger partial charge on any atom is 0.245 e. The Morgan fingerprint density at radius 2 is 2.20 bits per heavy atom. The highest BCUT2D eigenvalue weighted by atomic mass is 79.9. The van der Waals surface area contributed by atoms with Gasteiger partial charge in [-0.25, -0.2) is 0 Å². The van der Waals surface area contributed by atoms with Crippen LogP contribution in [-0.4, -0.2) is 36.5 Å². The number of anilines is 1. The van der Waals surface area contributed by atoms with Crippen LogP contribution in [0.5, 0.6) is 0 Å². The zero-order valence-corrected chi connectivity index (χ0v) is 13.5. The predicted molar refractivity (Wildman–Crippen MR) is 82.5 cm³/mol. The van der Waals surface area contributed by atoms with E-state index < -0.39 is 0 Å². The van der Waals surface area contributed by atoms with Gasteiger partial charge in [0.2, 0.25) is 5.91 Å². The number of nitrogens with zero attached hydrogens (tertiary/aromatic N) is 3. The Bertz CT molecular complexity index is 567. The molecule has 1 aliphatic rings. The number of hydrogen-bond donors (Lipinski definition) is 0. The van der Waals surface area contributed by atoms with Gasteiger partial charge >= 0.3 is 0 Å². The molecule has 0 spiro atoms. The van der Waals surface area contributed by atoms with Crippen molar-refractivity contribution < 1.29 is 4.79 Å². The normalized spacial score (nSPS) is 23.8. The van der Waals surface area contributed by atoms with E-state index in [2.05, 4.69) is 28.9 Å². The smallest absolute Gasteiger partial charge is 0.245 e. The van der Waals surface area contributed by atoms with Gasteiger partial charge in [-0.2, -0.15) is 5.26 Å². The maximum absolute atomic E-state index is 12.6. The van der Waals surface area contributed by atoms with Crippen LogP contribution in [0.1, 0.15) is 18.9 Å². The summed E-state index contributed by atoms with van der Waals surface area (Å²) >= 11 is 3.47. The predicted octanol–water partition coefficient (Wildman–Crippen LogP) is 2.71. The largest absolute Gasteiger partial charge is 0.309 e. The Morgan fingerprint density at radius 1 is 1.50 bits per heavy atom. The summed E-state index contributed by atoms with van der Waals surface area (Å²) in [4.78, 5) is 16.4. The first-order chi connectivity index (χ1) is 9.45. The van der Waals surface area contributed by atoms with E-state index in [1.807, 2.05) is 37.1 Å². The summed E-state index contributed by atoms with van der Waals surface area (Å²) in [6.07, 6.45) is 0.228. The number of aryl methyl sites for hydroxylation is 1. The highest BCUT2D eigenvalue weighted by Gasteiger charge is 2.37. The Labute approximate surface area is 128 Å². The molecule has 0 aromatic heterocycles. The highest BCUT2D eigenvalue weighted by Crippen LogP contribution is 2.27. The van der Waals surface area contributed by atoms with Gasteiger partial charge in [-0.05, 0) is 44.7 Å². The van der Waals surface area contributed by atoms with Crippen LogP contribution in [0.4, 0.5) is 5.69 Å². The van der Waals surface area contributed by atoms with Crippen LogP contribution in [-0.2, 0) is 4.79 Å². The number of halogens is 1. The first kappa shape index (κ1) is 15.0. The lowest BCUT2D eigenvalue weighted by atomic mass is 10.0. The fraction of sp³-hybridized carbons (Fsp3) is 0.467. The van der Waals surface area contributed by atoms with E-state index in [-0.39, 0.29) is 24.4 Å². The molecular weight excluding hydrogens is 318 g/mol. The van der Waals surface area contributed by atoms with E-state index in [0.717, 1.165) is 15.7 Å². The topological polar surface area (TPSA) is 47.3 Å². The van der Waals surface area contributed by atoms with Crippen LogP contribution in [0.15, 0.2) is 22.7 Å². The Morgan fingerprint density at radius 3 is 2.80 bits per heavy atom. The minimum atomic E-state index is -0.354. The van der Waals surface area contributed by atoms with Crippen molar-refractivity contribution in [2.45, 2.75) is 32.4 Å². The van der Waals surface area contributed by atoms with E-state index in [0.29, 0.717) is 6.54 Å². The van der Waals surface area contributed by atoms with Gasteiger partial charge in [0.1, 0.15) is 6.04 Å². The van der Waals surface area contributed by atoms with Crippen molar-refractivity contribution in [2.24, 2.45) is 0 Å². The number of benzene rings is 1. The zero-order valence-electron chi connectivity index (χ0n) is 11.9. The minimum absolute atomic E-state index is 0.00822. The summed E-state index contributed by atoms with van der Waals surface area (Å²) in [5, 5.41) is 8.92. The number of hydrogen-bond acceptors (Lipinski definition) is 3. The number of carbonyl (C=O) groups is 1. The molecule has 2 unspecified atom stereocenters. The van der Waals surface area contributed by atoms with Gasteiger partial charge < -0.3 is 4.90 Å². The van der Waals surface area contributed by atoms with Gasteiger partial charge in [-0.15, -0.1) is 0 Å². The minimum Gasteiger partial charge on any atom is -0.309 e. The highest BCUT2D eigenvalue weighted by molar-refractivity contribution is 9.10. The van der Waals surface area contributed by atoms with Crippen LogP contribution >= 0.6 is 15.9 Å². The molecule has 1 aliphatic heterocycles. The van der Waals surface area contributed by atoms with Crippen LogP contribution in [0.3, 0.4) is 0 Å². The van der Waals surface area contributed by atoms with Crippen molar-refractivity contribution in [1.82, 2.24) is 4.90 Å². The summed E-state index contributed by atoms with van der Waals surface area (Å²) < 4.78 is 1.03. The second-order valence-corrected chi connectivity index (χ2v) is 6.13. The average molecular weight is 336 g/mol. The molecule has 0 saturated carbocycles. The van der Waals surface area contributed by atoms with Crippen LogP contribution in [0.25, 0.3) is 0 Å². The van der Waals surface area contributed by atoms with Gasteiger partial charge in [0, 0.05) is 22.7 Å². The maximum atomic E-state index is 12.6. The standard InChI is InChI=1S/C15H18BrN3O/c1-10-8-12(4-5-13(10)16)19-9-11(2)18(3)14(6-7-17)15(19)20/h4-5,8,11,14H,6,9H2,1-3H3. The number of likely N-dealkylation sites (N-methyl/N-ethyl adjacent to an activating group) is 1. The molecular formula is C15H18BrN3O. The molecule has 1 saturated heterocycles. The Kier molecular flexibility index (Phi) is 4.46. The summed E-state index contributed by atoms with van der Waals surface area (Å²) in [5.41, 5.74) is 2.00. The lowest BCUT2D eigenvalue weighted by Crippen LogP contribution is -2.59. The first-order valence-corrected chi connectivity index (χ1v) is 7.41. The number of carbonyl (C=O) groups excluding carboxylic acids is 1. The molecule has 1 aromatic rings. The van der Waals surface area contributed by atoms with Gasteiger partial charge in [0.15, 0.2) is 0 Å². The Hall–Kier alpha value is -1.38. The van der Waals surface area contributed by atoms with Gasteiger partial charge in [-0.3, -0.25) is 9.69 Å². The molecule has 0 aliphatic carbocycles. The van der Waals surface area contributed by atoms with Crippen molar-refractivity contribution >= 4 is 27.5 Å². The summed E-state index contributed by atoms with van der Waals surface area (Å²) in [7, 11) is 1.91. The molecule has 1 heterocycles. The monoisotopic (exact) mass is 335 g/mol. The lowest BCUT2D eigenvalue weighted by molar-refractivity contribution is -0.126. The molecule has 2 atom stereocenters.